The van der Waals surface area contributed by atoms with Gasteiger partial charge in [0.15, 0.2) is 5.69 Å². The van der Waals surface area contributed by atoms with Gasteiger partial charge >= 0.3 is 0 Å². The first-order chi connectivity index (χ1) is 17.5. The highest BCUT2D eigenvalue weighted by atomic mass is 19.1. The first-order valence-corrected chi connectivity index (χ1v) is 11.6. The maximum atomic E-state index is 14.3. The van der Waals surface area contributed by atoms with Gasteiger partial charge in [-0.1, -0.05) is 12.1 Å². The summed E-state index contributed by atoms with van der Waals surface area (Å²) in [7, 11) is 0. The molecule has 5 rings (SSSR count). The largest absolute Gasteiger partial charge is 0.364 e. The Hall–Kier alpha value is -4.25. The number of aromatic nitrogens is 5. The van der Waals surface area contributed by atoms with E-state index in [0.29, 0.717) is 24.0 Å². The second-order valence-corrected chi connectivity index (χ2v) is 8.72. The summed E-state index contributed by atoms with van der Waals surface area (Å²) in [6.07, 6.45) is 4.07. The van der Waals surface area contributed by atoms with Gasteiger partial charge < -0.3 is 16.0 Å². The first kappa shape index (κ1) is 23.5. The number of fused-ring (bicyclic) bond motifs is 1. The Morgan fingerprint density at radius 1 is 1.11 bits per heavy atom. The molecule has 4 heterocycles. The number of nitrogens with one attached hydrogen (secondary N) is 1. The van der Waals surface area contributed by atoms with Crippen molar-refractivity contribution < 1.29 is 14.0 Å². The topological polar surface area (TPSA) is 132 Å². The van der Waals surface area contributed by atoms with E-state index in [-0.39, 0.29) is 37.2 Å². The highest BCUT2D eigenvalue weighted by Crippen LogP contribution is 2.27. The number of hydrogen-bond donors (Lipinski definition) is 2. The number of carbonyl (C=O) groups is 2. The summed E-state index contributed by atoms with van der Waals surface area (Å²) in [6.45, 7) is 0.856. The van der Waals surface area contributed by atoms with E-state index >= 15 is 0 Å². The number of halogens is 1. The summed E-state index contributed by atoms with van der Waals surface area (Å²) < 4.78 is 15.8. The number of carbonyl (C=O) groups excluding carboxylic acids is 2. The van der Waals surface area contributed by atoms with Crippen molar-refractivity contribution in [3.8, 4) is 11.1 Å². The average molecular weight is 489 g/mol. The summed E-state index contributed by atoms with van der Waals surface area (Å²) in [5.74, 6) is -0.972. The van der Waals surface area contributed by atoms with Crippen LogP contribution in [0.3, 0.4) is 0 Å². The molecule has 0 radical (unpaired) electrons. The van der Waals surface area contributed by atoms with E-state index in [1.807, 2.05) is 24.3 Å². The number of alkyl halides is 1. The minimum absolute atomic E-state index is 0.0236. The predicted octanol–water partition coefficient (Wildman–Crippen LogP) is 1.72. The number of rotatable bonds is 8. The van der Waals surface area contributed by atoms with Gasteiger partial charge in [0.1, 0.15) is 12.7 Å². The van der Waals surface area contributed by atoms with Crippen LogP contribution in [0.4, 0.5) is 4.39 Å². The molecular formula is C25H25FN8O2. The third kappa shape index (κ3) is 4.91. The lowest BCUT2D eigenvalue weighted by atomic mass is 10.0. The van der Waals surface area contributed by atoms with E-state index < -0.39 is 12.1 Å². The van der Waals surface area contributed by atoms with Gasteiger partial charge in [0.05, 0.1) is 30.1 Å². The number of primary amides is 1. The fourth-order valence-electron chi connectivity index (χ4n) is 4.57. The van der Waals surface area contributed by atoms with Crippen molar-refractivity contribution in [2.24, 2.45) is 5.73 Å². The van der Waals surface area contributed by atoms with Crippen LogP contribution in [0, 0.1) is 0 Å². The standard InChI is InChI=1S/C25H25FN8O2/c26-18-10-20(13-28-12-19-3-1-2-7-29-19)33(14-18)23(35)15-34-22-5-4-16(17-6-8-30-31-11-17)9-21(22)24(32-34)25(27)36/h1-9,11,18,20,28H,10,12-15H2,(H2,27,36)/t18-,20+/m1/s1. The maximum Gasteiger partial charge on any atom is 0.269 e. The van der Waals surface area contributed by atoms with Crippen molar-refractivity contribution >= 4 is 22.7 Å². The number of nitrogens with zero attached hydrogens (tertiary/aromatic N) is 6. The van der Waals surface area contributed by atoms with E-state index in [9.17, 15) is 14.0 Å². The maximum absolute atomic E-state index is 14.3. The molecular weight excluding hydrogens is 463 g/mol. The Morgan fingerprint density at radius 2 is 2.00 bits per heavy atom. The molecule has 0 spiro atoms. The predicted molar refractivity (Wildman–Crippen MR) is 130 cm³/mol. The first-order valence-electron chi connectivity index (χ1n) is 11.6. The molecule has 2 atom stereocenters. The zero-order valence-corrected chi connectivity index (χ0v) is 19.4. The zero-order valence-electron chi connectivity index (χ0n) is 19.4. The molecule has 0 bridgehead atoms. The molecule has 0 unspecified atom stereocenters. The van der Waals surface area contributed by atoms with Crippen molar-refractivity contribution in [3.63, 3.8) is 0 Å². The second-order valence-electron chi connectivity index (χ2n) is 8.72. The molecule has 3 aromatic heterocycles. The molecule has 1 saturated heterocycles. The minimum Gasteiger partial charge on any atom is -0.364 e. The molecule has 1 fully saturated rings. The van der Waals surface area contributed by atoms with Crippen LogP contribution < -0.4 is 11.1 Å². The monoisotopic (exact) mass is 488 g/mol. The van der Waals surface area contributed by atoms with E-state index in [1.54, 1.807) is 41.7 Å². The Labute approximate surface area is 206 Å². The van der Waals surface area contributed by atoms with Gasteiger partial charge in [-0.2, -0.15) is 15.3 Å². The van der Waals surface area contributed by atoms with Crippen LogP contribution in [-0.4, -0.2) is 67.0 Å². The van der Waals surface area contributed by atoms with Crippen molar-refractivity contribution in [2.75, 3.05) is 13.1 Å². The Morgan fingerprint density at radius 3 is 2.75 bits per heavy atom. The number of pyridine rings is 1. The number of amides is 2. The van der Waals surface area contributed by atoms with Gasteiger partial charge in [0.2, 0.25) is 5.91 Å². The fourth-order valence-corrected chi connectivity index (χ4v) is 4.57. The van der Waals surface area contributed by atoms with Crippen LogP contribution in [0.15, 0.2) is 61.1 Å². The SMILES string of the molecule is NC(=O)c1nn(CC(=O)N2C[C@H](F)C[C@H]2CNCc2ccccn2)c2ccc(-c3ccnnc3)cc12. The van der Waals surface area contributed by atoms with Crippen molar-refractivity contribution in [2.45, 2.75) is 31.7 Å². The Balaban J connectivity index is 1.34. The van der Waals surface area contributed by atoms with E-state index in [1.165, 1.54) is 4.68 Å². The molecule has 10 nitrogen and oxygen atoms in total. The van der Waals surface area contributed by atoms with Gasteiger partial charge in [-0.3, -0.25) is 19.3 Å². The Bertz CT molecular complexity index is 1380. The molecule has 36 heavy (non-hydrogen) atoms. The highest BCUT2D eigenvalue weighted by Gasteiger charge is 2.35. The number of nitrogens with two attached hydrogens (primary N) is 1. The minimum atomic E-state index is -1.09. The summed E-state index contributed by atoms with van der Waals surface area (Å²) in [5.41, 5.74) is 8.74. The second kappa shape index (κ2) is 10.2. The van der Waals surface area contributed by atoms with Crippen LogP contribution in [0.1, 0.15) is 22.6 Å². The summed E-state index contributed by atoms with van der Waals surface area (Å²) in [5, 5.41) is 15.8. The van der Waals surface area contributed by atoms with E-state index in [0.717, 1.165) is 16.8 Å². The number of benzene rings is 1. The lowest BCUT2D eigenvalue weighted by Gasteiger charge is -2.24. The van der Waals surface area contributed by atoms with Gasteiger partial charge in [-0.15, -0.1) is 0 Å². The Kier molecular flexibility index (Phi) is 6.63. The zero-order chi connectivity index (χ0) is 25.1. The molecule has 1 aliphatic rings. The van der Waals surface area contributed by atoms with Gasteiger partial charge in [-0.05, 0) is 35.9 Å². The normalized spacial score (nSPS) is 17.5. The average Bonchev–Trinajstić information content (AvgIpc) is 3.45. The molecule has 2 amide bonds. The molecule has 4 aromatic rings. The van der Waals surface area contributed by atoms with Gasteiger partial charge in [0, 0.05) is 42.7 Å². The van der Waals surface area contributed by atoms with Crippen molar-refractivity contribution in [1.82, 2.24) is 35.2 Å². The van der Waals surface area contributed by atoms with Crippen molar-refractivity contribution in [3.05, 3.63) is 72.4 Å². The quantitative estimate of drug-likeness (QED) is 0.386. The molecule has 184 valence electrons. The van der Waals surface area contributed by atoms with Crippen LogP contribution in [0.2, 0.25) is 0 Å². The molecule has 1 aliphatic heterocycles. The molecule has 3 N–H and O–H groups in total. The molecule has 11 heteroatoms. The molecule has 0 saturated carbocycles. The van der Waals surface area contributed by atoms with Gasteiger partial charge in [0.25, 0.3) is 5.91 Å². The third-order valence-corrected chi connectivity index (χ3v) is 6.28. The lowest BCUT2D eigenvalue weighted by molar-refractivity contribution is -0.132. The summed E-state index contributed by atoms with van der Waals surface area (Å²) in [4.78, 5) is 31.2. The van der Waals surface area contributed by atoms with Crippen LogP contribution in [0.5, 0.6) is 0 Å². The fraction of sp³-hybridized carbons (Fsp3) is 0.280. The molecule has 1 aromatic carbocycles. The van der Waals surface area contributed by atoms with E-state index in [4.69, 9.17) is 5.73 Å². The van der Waals surface area contributed by atoms with Crippen LogP contribution >= 0.6 is 0 Å². The lowest BCUT2D eigenvalue weighted by Crippen LogP contribution is -2.43. The summed E-state index contributed by atoms with van der Waals surface area (Å²) >= 11 is 0. The van der Waals surface area contributed by atoms with Crippen molar-refractivity contribution in [1.29, 1.82) is 0 Å². The number of hydrogen-bond acceptors (Lipinski definition) is 7. The summed E-state index contributed by atoms with van der Waals surface area (Å²) in [6, 6.07) is 12.6. The highest BCUT2D eigenvalue weighted by molar-refractivity contribution is 6.05. The molecule has 0 aliphatic carbocycles. The smallest absolute Gasteiger partial charge is 0.269 e. The van der Waals surface area contributed by atoms with E-state index in [2.05, 4.69) is 25.6 Å². The number of likely N-dealkylation sites (tertiary alicyclic amines) is 1. The van der Waals surface area contributed by atoms with Crippen LogP contribution in [0.25, 0.3) is 22.0 Å². The van der Waals surface area contributed by atoms with Crippen LogP contribution in [-0.2, 0) is 17.9 Å². The third-order valence-electron chi connectivity index (χ3n) is 6.28. The van der Waals surface area contributed by atoms with Gasteiger partial charge in [-0.25, -0.2) is 4.39 Å².